The summed E-state index contributed by atoms with van der Waals surface area (Å²) in [5.41, 5.74) is 12.3. The molecule has 3 unspecified atom stereocenters. The van der Waals surface area contributed by atoms with Gasteiger partial charge >= 0.3 is 0 Å². The van der Waals surface area contributed by atoms with Gasteiger partial charge in [-0.15, -0.1) is 0 Å². The molecule has 5 nitrogen and oxygen atoms in total. The molecule has 3 atom stereocenters. The first kappa shape index (κ1) is 14.0. The number of rotatable bonds is 4. The van der Waals surface area contributed by atoms with Crippen molar-refractivity contribution in [2.45, 2.75) is 31.8 Å². The maximum absolute atomic E-state index is 11.4. The van der Waals surface area contributed by atoms with E-state index in [1.165, 1.54) is 0 Å². The zero-order valence-corrected chi connectivity index (χ0v) is 11.3. The first-order chi connectivity index (χ1) is 9.13. The third kappa shape index (κ3) is 3.11. The first-order valence-corrected chi connectivity index (χ1v) is 6.79. The van der Waals surface area contributed by atoms with Gasteiger partial charge in [0.05, 0.1) is 17.7 Å². The standard InChI is InChI=1S/C14H22N4O/c1-10-5-6-11(14(16)19)9-18(10)13(8-15)12-4-2-3-7-17-12/h2-4,7,10-11,13H,5-6,8-9,15H2,1H3,(H2,16,19). The normalized spacial score (nSPS) is 26.0. The molecule has 0 radical (unpaired) electrons. The Hall–Kier alpha value is -1.46. The van der Waals surface area contributed by atoms with Gasteiger partial charge < -0.3 is 11.5 Å². The second-order valence-electron chi connectivity index (χ2n) is 5.23. The summed E-state index contributed by atoms with van der Waals surface area (Å²) >= 11 is 0. The van der Waals surface area contributed by atoms with Gasteiger partial charge in [0, 0.05) is 25.3 Å². The highest BCUT2D eigenvalue weighted by molar-refractivity contribution is 5.77. The highest BCUT2D eigenvalue weighted by Crippen LogP contribution is 2.29. The Balaban J connectivity index is 2.18. The first-order valence-electron chi connectivity index (χ1n) is 6.79. The van der Waals surface area contributed by atoms with Gasteiger partial charge in [0.15, 0.2) is 0 Å². The summed E-state index contributed by atoms with van der Waals surface area (Å²) in [6.07, 6.45) is 3.61. The third-order valence-electron chi connectivity index (χ3n) is 3.99. The molecule has 0 aromatic carbocycles. The topological polar surface area (TPSA) is 85.2 Å². The van der Waals surface area contributed by atoms with E-state index < -0.39 is 0 Å². The molecule has 1 saturated heterocycles. The Morgan fingerprint density at radius 1 is 1.53 bits per heavy atom. The summed E-state index contributed by atoms with van der Waals surface area (Å²) in [5.74, 6) is -0.289. The minimum absolute atomic E-state index is 0.0540. The zero-order chi connectivity index (χ0) is 13.8. The van der Waals surface area contributed by atoms with Gasteiger partial charge in [0.2, 0.25) is 5.91 Å². The molecule has 0 saturated carbocycles. The van der Waals surface area contributed by atoms with Gasteiger partial charge in [-0.1, -0.05) is 6.07 Å². The molecule has 2 heterocycles. The Labute approximate surface area is 114 Å². The van der Waals surface area contributed by atoms with E-state index in [-0.39, 0.29) is 17.9 Å². The molecule has 4 N–H and O–H groups in total. The van der Waals surface area contributed by atoms with Gasteiger partial charge in [-0.05, 0) is 31.9 Å². The predicted molar refractivity (Wildman–Crippen MR) is 74.1 cm³/mol. The number of likely N-dealkylation sites (tertiary alicyclic amines) is 1. The van der Waals surface area contributed by atoms with Crippen LogP contribution in [0.4, 0.5) is 0 Å². The SMILES string of the molecule is CC1CCC(C(N)=O)CN1C(CN)c1ccccn1. The molecule has 5 heteroatoms. The highest BCUT2D eigenvalue weighted by Gasteiger charge is 2.33. The smallest absolute Gasteiger partial charge is 0.221 e. The van der Waals surface area contributed by atoms with E-state index >= 15 is 0 Å². The van der Waals surface area contributed by atoms with Crippen molar-refractivity contribution in [3.05, 3.63) is 30.1 Å². The van der Waals surface area contributed by atoms with E-state index in [2.05, 4.69) is 16.8 Å². The third-order valence-corrected chi connectivity index (χ3v) is 3.99. The van der Waals surface area contributed by atoms with Crippen LogP contribution in [0.5, 0.6) is 0 Å². The van der Waals surface area contributed by atoms with Gasteiger partial charge in [-0.2, -0.15) is 0 Å². The van der Waals surface area contributed by atoms with Crippen LogP contribution in [-0.2, 0) is 4.79 Å². The number of nitrogens with zero attached hydrogens (tertiary/aromatic N) is 2. The summed E-state index contributed by atoms with van der Waals surface area (Å²) in [6, 6.07) is 6.29. The number of carbonyl (C=O) groups excluding carboxylic acids is 1. The summed E-state index contributed by atoms with van der Waals surface area (Å²) in [4.78, 5) is 18.1. The predicted octanol–water partition coefficient (Wildman–Crippen LogP) is 0.667. The number of nitrogens with two attached hydrogens (primary N) is 2. The van der Waals surface area contributed by atoms with Crippen molar-refractivity contribution in [2.24, 2.45) is 17.4 Å². The quantitative estimate of drug-likeness (QED) is 0.835. The number of hydrogen-bond donors (Lipinski definition) is 2. The van der Waals surface area contributed by atoms with E-state index in [0.717, 1.165) is 18.5 Å². The van der Waals surface area contributed by atoms with Crippen LogP contribution in [0.1, 0.15) is 31.5 Å². The van der Waals surface area contributed by atoms with Crippen molar-refractivity contribution < 1.29 is 4.79 Å². The van der Waals surface area contributed by atoms with E-state index in [0.29, 0.717) is 19.1 Å². The van der Waals surface area contributed by atoms with Crippen LogP contribution >= 0.6 is 0 Å². The number of hydrogen-bond acceptors (Lipinski definition) is 4. The number of pyridine rings is 1. The molecule has 2 rings (SSSR count). The second-order valence-corrected chi connectivity index (χ2v) is 5.23. The Morgan fingerprint density at radius 3 is 2.89 bits per heavy atom. The van der Waals surface area contributed by atoms with E-state index in [1.54, 1.807) is 6.20 Å². The van der Waals surface area contributed by atoms with Crippen molar-refractivity contribution in [3.8, 4) is 0 Å². The Bertz CT molecular complexity index is 423. The molecular formula is C14H22N4O. The fraction of sp³-hybridized carbons (Fsp3) is 0.571. The summed E-state index contributed by atoms with van der Waals surface area (Å²) < 4.78 is 0. The van der Waals surface area contributed by atoms with Gasteiger partial charge in [0.1, 0.15) is 0 Å². The van der Waals surface area contributed by atoms with Crippen molar-refractivity contribution in [1.82, 2.24) is 9.88 Å². The van der Waals surface area contributed by atoms with Crippen molar-refractivity contribution in [3.63, 3.8) is 0 Å². The molecule has 0 aliphatic carbocycles. The van der Waals surface area contributed by atoms with Gasteiger partial charge in [-0.25, -0.2) is 0 Å². The van der Waals surface area contributed by atoms with Crippen molar-refractivity contribution in [2.75, 3.05) is 13.1 Å². The lowest BCUT2D eigenvalue weighted by atomic mass is 9.91. The summed E-state index contributed by atoms with van der Waals surface area (Å²) in [7, 11) is 0. The Morgan fingerprint density at radius 2 is 2.32 bits per heavy atom. The molecular weight excluding hydrogens is 240 g/mol. The van der Waals surface area contributed by atoms with Crippen LogP contribution < -0.4 is 11.5 Å². The Kier molecular flexibility index (Phi) is 4.50. The molecule has 0 spiro atoms. The fourth-order valence-corrected chi connectivity index (χ4v) is 2.80. The lowest BCUT2D eigenvalue weighted by molar-refractivity contribution is -0.124. The lowest BCUT2D eigenvalue weighted by Crippen LogP contribution is -2.49. The van der Waals surface area contributed by atoms with Crippen LogP contribution in [0.25, 0.3) is 0 Å². The van der Waals surface area contributed by atoms with Gasteiger partial charge in [-0.3, -0.25) is 14.7 Å². The fourth-order valence-electron chi connectivity index (χ4n) is 2.80. The lowest BCUT2D eigenvalue weighted by Gasteiger charge is -2.41. The molecule has 1 aliphatic heterocycles. The molecule has 1 aromatic heterocycles. The van der Waals surface area contributed by atoms with Crippen LogP contribution in [0.2, 0.25) is 0 Å². The van der Waals surface area contributed by atoms with Crippen LogP contribution in [0, 0.1) is 5.92 Å². The minimum Gasteiger partial charge on any atom is -0.369 e. The number of aromatic nitrogens is 1. The number of amides is 1. The molecule has 104 valence electrons. The van der Waals surface area contributed by atoms with Crippen molar-refractivity contribution in [1.29, 1.82) is 0 Å². The molecule has 1 aliphatic rings. The average molecular weight is 262 g/mol. The van der Waals surface area contributed by atoms with Crippen LogP contribution in [0.3, 0.4) is 0 Å². The number of primary amides is 1. The second kappa shape index (κ2) is 6.12. The number of carbonyl (C=O) groups is 1. The number of piperidine rings is 1. The monoisotopic (exact) mass is 262 g/mol. The average Bonchev–Trinajstić information content (AvgIpc) is 2.42. The molecule has 0 bridgehead atoms. The van der Waals surface area contributed by atoms with E-state index in [4.69, 9.17) is 11.5 Å². The van der Waals surface area contributed by atoms with Crippen LogP contribution in [0.15, 0.2) is 24.4 Å². The van der Waals surface area contributed by atoms with E-state index in [1.807, 2.05) is 18.2 Å². The highest BCUT2D eigenvalue weighted by atomic mass is 16.1. The summed E-state index contributed by atoms with van der Waals surface area (Å²) in [6.45, 7) is 3.34. The zero-order valence-electron chi connectivity index (χ0n) is 11.3. The van der Waals surface area contributed by atoms with E-state index in [9.17, 15) is 4.79 Å². The molecule has 1 aromatic rings. The summed E-state index contributed by atoms with van der Waals surface area (Å²) in [5, 5.41) is 0. The maximum Gasteiger partial charge on any atom is 0.221 e. The van der Waals surface area contributed by atoms with Crippen molar-refractivity contribution >= 4 is 5.91 Å². The maximum atomic E-state index is 11.4. The molecule has 19 heavy (non-hydrogen) atoms. The molecule has 1 amide bonds. The van der Waals surface area contributed by atoms with Crippen LogP contribution in [-0.4, -0.2) is 34.9 Å². The van der Waals surface area contributed by atoms with Gasteiger partial charge in [0.25, 0.3) is 0 Å². The minimum atomic E-state index is -0.214. The largest absolute Gasteiger partial charge is 0.369 e. The molecule has 1 fully saturated rings.